The summed E-state index contributed by atoms with van der Waals surface area (Å²) in [5, 5.41) is 11.5. The van der Waals surface area contributed by atoms with Gasteiger partial charge in [-0.15, -0.1) is 0 Å². The molecule has 0 fully saturated rings. The van der Waals surface area contributed by atoms with Crippen LogP contribution >= 0.6 is 23.2 Å². The molecule has 36 heavy (non-hydrogen) atoms. The van der Waals surface area contributed by atoms with Gasteiger partial charge in [0.05, 0.1) is 18.4 Å². The number of fused-ring (bicyclic) bond motifs is 1. The molecule has 0 unspecified atom stereocenters. The Morgan fingerprint density at radius 1 is 1.06 bits per heavy atom. The first kappa shape index (κ1) is 23.8. The molecule has 0 saturated heterocycles. The number of carbonyl (C=O) groups is 1. The van der Waals surface area contributed by atoms with Crippen molar-refractivity contribution in [2.45, 2.75) is 13.0 Å². The van der Waals surface area contributed by atoms with Crippen molar-refractivity contribution in [1.82, 2.24) is 24.4 Å². The average Bonchev–Trinajstić information content (AvgIpc) is 3.43. The lowest BCUT2D eigenvalue weighted by Crippen LogP contribution is -2.14. The van der Waals surface area contributed by atoms with Crippen LogP contribution in [0.2, 0.25) is 10.0 Å². The van der Waals surface area contributed by atoms with Crippen LogP contribution < -0.4 is 5.32 Å². The molecule has 1 N–H and O–H groups in total. The number of benzene rings is 2. The van der Waals surface area contributed by atoms with E-state index >= 15 is 0 Å². The first-order valence-electron chi connectivity index (χ1n) is 10.5. The minimum absolute atomic E-state index is 0.0665. The monoisotopic (exact) mass is 530 g/mol. The molecular formula is C24H15Cl2F3N6O. The zero-order chi connectivity index (χ0) is 25.4. The van der Waals surface area contributed by atoms with Crippen molar-refractivity contribution in [3.05, 3.63) is 99.7 Å². The molecule has 2 aromatic carbocycles. The average molecular weight is 531 g/mol. The number of nitrogens with zero attached hydrogens (tertiary/aromatic N) is 5. The number of nitrogens with one attached hydrogen (secondary N) is 1. The van der Waals surface area contributed by atoms with Gasteiger partial charge in [0.2, 0.25) is 0 Å². The number of anilines is 1. The van der Waals surface area contributed by atoms with Crippen LogP contribution in [0.3, 0.4) is 0 Å². The third-order valence-electron chi connectivity index (χ3n) is 5.35. The van der Waals surface area contributed by atoms with Gasteiger partial charge in [0.1, 0.15) is 22.1 Å². The van der Waals surface area contributed by atoms with E-state index in [1.54, 1.807) is 12.1 Å². The number of hydrogen-bond donors (Lipinski definition) is 1. The minimum atomic E-state index is -2.90. The van der Waals surface area contributed by atoms with Crippen molar-refractivity contribution in [2.75, 3.05) is 5.32 Å². The molecule has 0 atom stereocenters. The van der Waals surface area contributed by atoms with Gasteiger partial charge in [-0.1, -0.05) is 41.4 Å². The molecule has 0 spiro atoms. The third kappa shape index (κ3) is 4.65. The van der Waals surface area contributed by atoms with Gasteiger partial charge in [0, 0.05) is 16.8 Å². The van der Waals surface area contributed by atoms with Gasteiger partial charge in [0.25, 0.3) is 12.3 Å². The molecule has 0 bridgehead atoms. The molecule has 182 valence electrons. The zero-order valence-electron chi connectivity index (χ0n) is 18.2. The molecule has 1 amide bonds. The summed E-state index contributed by atoms with van der Waals surface area (Å²) in [4.78, 5) is 17.4. The van der Waals surface area contributed by atoms with Crippen molar-refractivity contribution in [1.29, 1.82) is 0 Å². The number of amides is 1. The molecule has 7 nitrogen and oxygen atoms in total. The van der Waals surface area contributed by atoms with E-state index in [0.717, 1.165) is 22.3 Å². The number of carbonyl (C=O) groups excluding carboxylic acids is 1. The van der Waals surface area contributed by atoms with Gasteiger partial charge < -0.3 is 5.32 Å². The van der Waals surface area contributed by atoms with Crippen LogP contribution in [-0.4, -0.2) is 30.3 Å². The lowest BCUT2D eigenvalue weighted by molar-refractivity contribution is 0.102. The molecule has 0 radical (unpaired) electrons. The second-order valence-corrected chi connectivity index (χ2v) is 8.55. The van der Waals surface area contributed by atoms with Crippen molar-refractivity contribution in [3.8, 4) is 11.3 Å². The van der Waals surface area contributed by atoms with Gasteiger partial charge >= 0.3 is 0 Å². The highest BCUT2D eigenvalue weighted by Crippen LogP contribution is 2.28. The number of aromatic nitrogens is 5. The lowest BCUT2D eigenvalue weighted by atomic mass is 10.1. The highest BCUT2D eigenvalue weighted by Gasteiger charge is 2.23. The Labute approximate surface area is 212 Å². The fourth-order valence-electron chi connectivity index (χ4n) is 3.61. The van der Waals surface area contributed by atoms with Crippen LogP contribution in [0.15, 0.2) is 67.0 Å². The maximum Gasteiger partial charge on any atom is 0.280 e. The Hall–Kier alpha value is -3.89. The predicted octanol–water partition coefficient (Wildman–Crippen LogP) is 6.28. The first-order valence-corrected chi connectivity index (χ1v) is 11.3. The normalized spacial score (nSPS) is 11.4. The number of alkyl halides is 2. The minimum Gasteiger partial charge on any atom is -0.304 e. The van der Waals surface area contributed by atoms with E-state index in [4.69, 9.17) is 23.2 Å². The van der Waals surface area contributed by atoms with Crippen molar-refractivity contribution in [2.24, 2.45) is 0 Å². The number of rotatable bonds is 6. The Bertz CT molecular complexity index is 1580. The van der Waals surface area contributed by atoms with Crippen LogP contribution in [0.1, 0.15) is 28.0 Å². The van der Waals surface area contributed by atoms with E-state index in [-0.39, 0.29) is 27.7 Å². The highest BCUT2D eigenvalue weighted by molar-refractivity contribution is 6.33. The van der Waals surface area contributed by atoms with Crippen LogP contribution in [0, 0.1) is 5.82 Å². The predicted molar refractivity (Wildman–Crippen MR) is 129 cm³/mol. The molecule has 0 aliphatic heterocycles. The fraction of sp³-hybridized carbons (Fsp3) is 0.0833. The Morgan fingerprint density at radius 3 is 2.53 bits per heavy atom. The molecule has 5 aromatic rings. The second-order valence-electron chi connectivity index (χ2n) is 7.74. The summed E-state index contributed by atoms with van der Waals surface area (Å²) < 4.78 is 43.3. The number of halogens is 5. The molecule has 0 aliphatic rings. The van der Waals surface area contributed by atoms with E-state index in [2.05, 4.69) is 20.5 Å². The topological polar surface area (TPSA) is 77.1 Å². The molecule has 0 saturated carbocycles. The summed E-state index contributed by atoms with van der Waals surface area (Å²) in [5.74, 6) is -1.11. The Morgan fingerprint density at radius 2 is 1.81 bits per heavy atom. The highest BCUT2D eigenvalue weighted by atomic mass is 35.5. The van der Waals surface area contributed by atoms with Gasteiger partial charge in [-0.25, -0.2) is 22.7 Å². The quantitative estimate of drug-likeness (QED) is 0.280. The summed E-state index contributed by atoms with van der Waals surface area (Å²) in [6.45, 7) is 0.312. The van der Waals surface area contributed by atoms with Crippen LogP contribution in [0.25, 0.3) is 16.9 Å². The van der Waals surface area contributed by atoms with Crippen molar-refractivity contribution in [3.63, 3.8) is 0 Å². The van der Waals surface area contributed by atoms with E-state index in [9.17, 15) is 18.0 Å². The molecule has 3 aromatic heterocycles. The van der Waals surface area contributed by atoms with Crippen LogP contribution in [-0.2, 0) is 6.54 Å². The first-order chi connectivity index (χ1) is 17.3. The van der Waals surface area contributed by atoms with Crippen molar-refractivity contribution < 1.29 is 18.0 Å². The van der Waals surface area contributed by atoms with Gasteiger partial charge in [-0.05, 0) is 42.0 Å². The molecule has 5 rings (SSSR count). The van der Waals surface area contributed by atoms with E-state index in [0.29, 0.717) is 17.1 Å². The summed E-state index contributed by atoms with van der Waals surface area (Å²) >= 11 is 12.5. The fourth-order valence-corrected chi connectivity index (χ4v) is 4.00. The molecule has 12 heteroatoms. The molecule has 3 heterocycles. The third-order valence-corrected chi connectivity index (χ3v) is 5.99. The summed E-state index contributed by atoms with van der Waals surface area (Å²) in [6.07, 6.45) is -0.247. The SMILES string of the molecule is O=C(Nc1nn(Cc2ccccc2Cl)cc1Cl)c1cnn2c(C(F)F)cc(-c3ccc(F)cc3)nc12. The summed E-state index contributed by atoms with van der Waals surface area (Å²) in [5.41, 5.74) is 0.689. The second kappa shape index (κ2) is 9.63. The number of hydrogen-bond acceptors (Lipinski definition) is 4. The van der Waals surface area contributed by atoms with Gasteiger partial charge in [-0.2, -0.15) is 10.2 Å². The summed E-state index contributed by atoms with van der Waals surface area (Å²) in [7, 11) is 0. The maximum atomic E-state index is 13.8. The van der Waals surface area contributed by atoms with Crippen LogP contribution in [0.5, 0.6) is 0 Å². The van der Waals surface area contributed by atoms with Gasteiger partial charge in [-0.3, -0.25) is 9.48 Å². The Balaban J connectivity index is 1.47. The Kier molecular flexibility index (Phi) is 6.38. The lowest BCUT2D eigenvalue weighted by Gasteiger charge is -2.08. The summed E-state index contributed by atoms with van der Waals surface area (Å²) in [6, 6.07) is 13.6. The largest absolute Gasteiger partial charge is 0.304 e. The van der Waals surface area contributed by atoms with E-state index < -0.39 is 23.8 Å². The molecular weight excluding hydrogens is 516 g/mol. The van der Waals surface area contributed by atoms with Crippen LogP contribution in [0.4, 0.5) is 19.0 Å². The van der Waals surface area contributed by atoms with Crippen molar-refractivity contribution >= 4 is 40.6 Å². The van der Waals surface area contributed by atoms with E-state index in [1.807, 2.05) is 12.1 Å². The zero-order valence-corrected chi connectivity index (χ0v) is 19.7. The smallest absolute Gasteiger partial charge is 0.280 e. The van der Waals surface area contributed by atoms with Gasteiger partial charge in [0.15, 0.2) is 11.5 Å². The molecule has 0 aliphatic carbocycles. The standard InChI is InChI=1S/C24H15Cl2F3N6O/c25-17-4-2-1-3-14(17)11-34-12-18(26)22(33-34)32-24(36)16-10-30-35-20(21(28)29)9-19(31-23(16)35)13-5-7-15(27)8-6-13/h1-10,12,21H,11H2,(H,32,33,36). The maximum absolute atomic E-state index is 13.8. The van der Waals surface area contributed by atoms with E-state index in [1.165, 1.54) is 35.1 Å².